The van der Waals surface area contributed by atoms with E-state index in [4.69, 9.17) is 33.7 Å². The minimum Gasteiger partial charge on any atom is -0.494 e. The highest BCUT2D eigenvalue weighted by Crippen LogP contribution is 2.36. The molecule has 9 heteroatoms. The van der Waals surface area contributed by atoms with Crippen LogP contribution in [0.2, 0.25) is 0 Å². The third-order valence-corrected chi connectivity index (χ3v) is 12.1. The molecule has 9 nitrogen and oxygen atoms in total. The van der Waals surface area contributed by atoms with E-state index in [-0.39, 0.29) is 0 Å². The summed E-state index contributed by atoms with van der Waals surface area (Å²) in [6.45, 7) is 10.1. The Morgan fingerprint density at radius 2 is 1.24 bits per heavy atom. The molecule has 8 rings (SSSR count). The average molecular weight is 883 g/mol. The molecule has 0 aromatic heterocycles. The van der Waals surface area contributed by atoms with Gasteiger partial charge in [-0.15, -0.1) is 6.58 Å². The fourth-order valence-corrected chi connectivity index (χ4v) is 8.23. The van der Waals surface area contributed by atoms with Gasteiger partial charge in [0.15, 0.2) is 0 Å². The third kappa shape index (κ3) is 11.3. The van der Waals surface area contributed by atoms with Crippen molar-refractivity contribution >= 4 is 33.8 Å². The summed E-state index contributed by atoms with van der Waals surface area (Å²) in [6.07, 6.45) is 17.7. The maximum Gasteiger partial charge on any atom is 0.343 e. The van der Waals surface area contributed by atoms with Gasteiger partial charge in [0.25, 0.3) is 0 Å². The van der Waals surface area contributed by atoms with Crippen molar-refractivity contribution in [2.75, 3.05) is 13.2 Å². The molecule has 0 saturated heterocycles. The molecular formula is C57H58N2O7. The third-order valence-electron chi connectivity index (χ3n) is 12.1. The first-order valence-corrected chi connectivity index (χ1v) is 23.3. The number of ether oxygens (including phenoxy) is 5. The number of allylic oxidation sites excluding steroid dienone is 2. The number of rotatable bonds is 23. The Morgan fingerprint density at radius 3 is 1.89 bits per heavy atom. The van der Waals surface area contributed by atoms with E-state index < -0.39 is 11.5 Å². The minimum absolute atomic E-state index is 0.295. The van der Waals surface area contributed by atoms with E-state index in [2.05, 4.69) is 44.7 Å². The van der Waals surface area contributed by atoms with E-state index in [9.17, 15) is 9.59 Å². The first-order chi connectivity index (χ1) is 32.3. The van der Waals surface area contributed by atoms with E-state index in [1.807, 2.05) is 66.7 Å². The lowest BCUT2D eigenvalue weighted by atomic mass is 9.88. The maximum atomic E-state index is 13.0. The molecule has 6 aromatic carbocycles. The summed E-state index contributed by atoms with van der Waals surface area (Å²) in [5, 5.41) is 5.50. The number of carbonyl (C=O) groups excluding carboxylic acids is 2. The number of aldehydes is 1. The summed E-state index contributed by atoms with van der Waals surface area (Å²) in [4.78, 5) is 35.1. The van der Waals surface area contributed by atoms with E-state index in [1.54, 1.807) is 36.4 Å². The van der Waals surface area contributed by atoms with Crippen molar-refractivity contribution in [1.82, 2.24) is 0 Å². The van der Waals surface area contributed by atoms with Crippen molar-refractivity contribution in [3.63, 3.8) is 0 Å². The highest BCUT2D eigenvalue weighted by Gasteiger charge is 2.34. The molecule has 1 unspecified atom stereocenters. The van der Waals surface area contributed by atoms with Gasteiger partial charge in [-0.05, 0) is 140 Å². The smallest absolute Gasteiger partial charge is 0.343 e. The van der Waals surface area contributed by atoms with Crippen LogP contribution in [0.15, 0.2) is 155 Å². The molecule has 338 valence electrons. The molecule has 0 bridgehead atoms. The van der Waals surface area contributed by atoms with E-state index in [0.717, 1.165) is 105 Å². The van der Waals surface area contributed by atoms with Crippen LogP contribution in [-0.4, -0.2) is 31.0 Å². The van der Waals surface area contributed by atoms with Gasteiger partial charge in [-0.3, -0.25) is 9.79 Å². The van der Waals surface area contributed by atoms with Crippen LogP contribution in [0, 0.1) is 0 Å². The molecule has 0 fully saturated rings. The quantitative estimate of drug-likeness (QED) is 0.0158. The van der Waals surface area contributed by atoms with Crippen molar-refractivity contribution in [2.24, 2.45) is 9.98 Å². The molecule has 1 aliphatic heterocycles. The Kier molecular flexibility index (Phi) is 15.0. The normalized spacial score (nSPS) is 15.0. The monoisotopic (exact) mass is 882 g/mol. The molecule has 0 saturated carbocycles. The van der Waals surface area contributed by atoms with Gasteiger partial charge in [0, 0.05) is 22.4 Å². The Hall–Kier alpha value is -7.00. The maximum absolute atomic E-state index is 13.0. The van der Waals surface area contributed by atoms with Crippen LogP contribution in [0.1, 0.15) is 110 Å². The number of unbranched alkanes of at least 4 members (excludes halogenated alkanes) is 7. The molecule has 66 heavy (non-hydrogen) atoms. The Balaban J connectivity index is 0.988. The van der Waals surface area contributed by atoms with E-state index >= 15 is 0 Å². The summed E-state index contributed by atoms with van der Waals surface area (Å²) in [5.41, 5.74) is 3.22. The molecule has 6 aromatic rings. The number of hydrogen-bond donors (Lipinski definition) is 0. The lowest BCUT2D eigenvalue weighted by molar-refractivity contribution is 0.0734. The van der Waals surface area contributed by atoms with Gasteiger partial charge in [-0.1, -0.05) is 81.5 Å². The molecule has 0 spiro atoms. The van der Waals surface area contributed by atoms with Crippen LogP contribution in [0.4, 0.5) is 0 Å². The second kappa shape index (κ2) is 21.8. The zero-order chi connectivity index (χ0) is 45.7. The summed E-state index contributed by atoms with van der Waals surface area (Å²) in [7, 11) is 0. The number of carbonyl (C=O) groups is 2. The van der Waals surface area contributed by atoms with Crippen LogP contribution < -0.4 is 29.7 Å². The standard InChI is InChI=1S/C57H58N2O7/c1-4-6-8-10-11-13-32-62-44-22-24-45(25-23-44)66-56(61)43-20-18-42(19-21-43)39-65-47-27-29-50-49-28-26-46(64-38-41-16-14-40(37-60)15-17-41)34-51(49)54-55(52(50)35-47)59-57(3)31-30-48(36-53(57)58-54)63-33-12-9-7-5-2/h4,14-30,34-37H,1,5-13,31-33,38-39H2,2-3H3. The summed E-state index contributed by atoms with van der Waals surface area (Å²) >= 11 is 0. The average Bonchev–Trinajstić information content (AvgIpc) is 3.35. The molecule has 0 N–H and O–H groups in total. The van der Waals surface area contributed by atoms with Crippen LogP contribution in [-0.2, 0) is 18.0 Å². The summed E-state index contributed by atoms with van der Waals surface area (Å²) < 4.78 is 30.4. The number of benzene rings is 6. The van der Waals surface area contributed by atoms with Gasteiger partial charge < -0.3 is 23.7 Å². The van der Waals surface area contributed by atoms with E-state index in [1.165, 1.54) is 19.3 Å². The molecule has 2 aliphatic rings. The minimum atomic E-state index is -0.576. The van der Waals surface area contributed by atoms with Crippen molar-refractivity contribution in [3.05, 3.63) is 178 Å². The first-order valence-electron chi connectivity index (χ1n) is 23.3. The van der Waals surface area contributed by atoms with Gasteiger partial charge in [0.05, 0.1) is 35.2 Å². The van der Waals surface area contributed by atoms with E-state index in [0.29, 0.717) is 61.2 Å². The number of esters is 1. The zero-order valence-electron chi connectivity index (χ0n) is 38.1. The van der Waals surface area contributed by atoms with Crippen molar-refractivity contribution < 1.29 is 33.3 Å². The lowest BCUT2D eigenvalue weighted by Crippen LogP contribution is -2.40. The molecule has 0 amide bonds. The van der Waals surface area contributed by atoms with Gasteiger partial charge in [0.1, 0.15) is 53.8 Å². The molecule has 0 radical (unpaired) electrons. The van der Waals surface area contributed by atoms with Crippen molar-refractivity contribution in [1.29, 1.82) is 0 Å². The van der Waals surface area contributed by atoms with Crippen LogP contribution in [0.25, 0.3) is 21.5 Å². The number of hydrogen-bond acceptors (Lipinski definition) is 9. The van der Waals surface area contributed by atoms with Crippen molar-refractivity contribution in [2.45, 2.75) is 96.8 Å². The molecule has 1 atom stereocenters. The lowest BCUT2D eigenvalue weighted by Gasteiger charge is -2.31. The summed E-state index contributed by atoms with van der Waals surface area (Å²) in [6, 6.07) is 34.0. The fourth-order valence-electron chi connectivity index (χ4n) is 8.23. The summed E-state index contributed by atoms with van der Waals surface area (Å²) in [5.74, 6) is 3.00. The zero-order valence-corrected chi connectivity index (χ0v) is 38.1. The number of nitrogens with zero attached hydrogens (tertiary/aromatic N) is 2. The molecule has 1 heterocycles. The van der Waals surface area contributed by atoms with Crippen LogP contribution in [0.3, 0.4) is 0 Å². The van der Waals surface area contributed by atoms with Gasteiger partial charge in [-0.25, -0.2) is 9.79 Å². The van der Waals surface area contributed by atoms with Gasteiger partial charge in [0.2, 0.25) is 0 Å². The van der Waals surface area contributed by atoms with Crippen LogP contribution >= 0.6 is 0 Å². The number of fused-ring (bicyclic) bond motifs is 7. The second-order valence-electron chi connectivity index (χ2n) is 17.2. The molecule has 1 aliphatic carbocycles. The SMILES string of the molecule is C=CCCCCCCOc1ccc(OC(=O)c2ccc(COc3ccc4c(c3)c3c(c5cc(OCc6ccc(C=O)cc6)ccc54)=NC4=CC(OCCCCCC)=CCC4(C)N=3)cc2)cc1. The Labute approximate surface area is 387 Å². The predicted octanol–water partition coefficient (Wildman–Crippen LogP) is 12.5. The highest BCUT2D eigenvalue weighted by molar-refractivity contribution is 6.08. The first kappa shape index (κ1) is 45.6. The van der Waals surface area contributed by atoms with Crippen molar-refractivity contribution in [3.8, 4) is 23.0 Å². The topological polar surface area (TPSA) is 105 Å². The fraction of sp³-hybridized carbons (Fsp3) is 0.298. The second-order valence-corrected chi connectivity index (χ2v) is 17.2. The van der Waals surface area contributed by atoms with Crippen LogP contribution in [0.5, 0.6) is 23.0 Å². The Bertz CT molecular complexity index is 2870. The Morgan fingerprint density at radius 1 is 0.652 bits per heavy atom. The van der Waals surface area contributed by atoms with Gasteiger partial charge >= 0.3 is 5.97 Å². The predicted molar refractivity (Wildman–Crippen MR) is 260 cm³/mol. The van der Waals surface area contributed by atoms with Gasteiger partial charge in [-0.2, -0.15) is 0 Å². The highest BCUT2D eigenvalue weighted by atomic mass is 16.5. The largest absolute Gasteiger partial charge is 0.494 e. The molecular weight excluding hydrogens is 825 g/mol.